The van der Waals surface area contributed by atoms with Gasteiger partial charge in [-0.1, -0.05) is 50.5 Å². The molecule has 0 N–H and O–H groups in total. The predicted octanol–water partition coefficient (Wildman–Crippen LogP) is 9.47. The van der Waals surface area contributed by atoms with E-state index >= 15 is 4.39 Å². The first-order chi connectivity index (χ1) is 16.4. The largest absolute Gasteiger partial charge is 0.453 e. The van der Waals surface area contributed by atoms with E-state index in [0.29, 0.717) is 22.6 Å². The second kappa shape index (κ2) is 10.6. The van der Waals surface area contributed by atoms with Crippen LogP contribution < -0.4 is 4.74 Å². The van der Waals surface area contributed by atoms with E-state index in [1.165, 1.54) is 25.0 Å². The minimum Gasteiger partial charge on any atom is -0.453 e. The Morgan fingerprint density at radius 3 is 2.29 bits per heavy atom. The zero-order valence-electron chi connectivity index (χ0n) is 19.6. The summed E-state index contributed by atoms with van der Waals surface area (Å²) in [4.78, 5) is 0. The molecular weight excluding hydrogens is 440 g/mol. The van der Waals surface area contributed by atoms with E-state index in [1.807, 2.05) is 0 Å². The van der Waals surface area contributed by atoms with Gasteiger partial charge in [-0.2, -0.15) is 0 Å². The molecule has 1 aliphatic carbocycles. The summed E-state index contributed by atoms with van der Waals surface area (Å²) in [6, 6.07) is 11.7. The molecule has 0 saturated heterocycles. The quantitative estimate of drug-likeness (QED) is 0.312. The van der Waals surface area contributed by atoms with Crippen molar-refractivity contribution in [2.75, 3.05) is 0 Å². The highest BCUT2D eigenvalue weighted by Gasteiger charge is 2.29. The molecule has 0 aromatic heterocycles. The average Bonchev–Trinajstić information content (AvgIpc) is 2.83. The summed E-state index contributed by atoms with van der Waals surface area (Å²) in [5, 5.41) is 0. The number of unbranched alkanes of at least 4 members (excludes halogenated alkanes) is 1. The van der Waals surface area contributed by atoms with Crippen LogP contribution in [0.3, 0.4) is 0 Å². The van der Waals surface area contributed by atoms with Crippen molar-refractivity contribution in [3.63, 3.8) is 0 Å². The summed E-state index contributed by atoms with van der Waals surface area (Å²) in [6.45, 7) is 3.78. The maximum Gasteiger partial charge on any atom is 0.172 e. The Morgan fingerprint density at radius 2 is 1.59 bits per heavy atom. The second-order valence-electron chi connectivity index (χ2n) is 9.32. The molecule has 0 aliphatic heterocycles. The number of halogens is 4. The van der Waals surface area contributed by atoms with Crippen LogP contribution in [0.5, 0.6) is 11.5 Å². The molecule has 0 bridgehead atoms. The van der Waals surface area contributed by atoms with E-state index in [9.17, 15) is 13.2 Å². The topological polar surface area (TPSA) is 9.23 Å². The van der Waals surface area contributed by atoms with E-state index in [2.05, 4.69) is 6.92 Å². The highest BCUT2D eigenvalue weighted by molar-refractivity contribution is 5.71. The van der Waals surface area contributed by atoms with Crippen molar-refractivity contribution in [3.05, 3.63) is 82.9 Å². The number of ether oxygens (including phenoxy) is 1. The van der Waals surface area contributed by atoms with Crippen LogP contribution in [0.25, 0.3) is 11.1 Å². The van der Waals surface area contributed by atoms with Gasteiger partial charge >= 0.3 is 0 Å². The number of aryl methyl sites for hydroxylation is 1. The third-order valence-electron chi connectivity index (χ3n) is 6.95. The van der Waals surface area contributed by atoms with Crippen LogP contribution in [0.2, 0.25) is 0 Å². The van der Waals surface area contributed by atoms with Crippen molar-refractivity contribution in [2.45, 2.75) is 64.7 Å². The van der Waals surface area contributed by atoms with Gasteiger partial charge in [-0.25, -0.2) is 17.6 Å². The lowest BCUT2D eigenvalue weighted by molar-refractivity contribution is 0.294. The highest BCUT2D eigenvalue weighted by Crippen LogP contribution is 2.44. The summed E-state index contributed by atoms with van der Waals surface area (Å²) in [7, 11) is 0. The minimum atomic E-state index is -0.978. The maximum absolute atomic E-state index is 15.7. The molecule has 0 radical (unpaired) electrons. The number of rotatable bonds is 7. The normalized spacial score (nSPS) is 18.2. The Balaban J connectivity index is 1.64. The Labute approximate surface area is 198 Å². The first-order valence-corrected chi connectivity index (χ1v) is 12.1. The van der Waals surface area contributed by atoms with Gasteiger partial charge in [0.05, 0.1) is 0 Å². The number of benzene rings is 3. The van der Waals surface area contributed by atoms with E-state index in [0.717, 1.165) is 44.2 Å². The third-order valence-corrected chi connectivity index (χ3v) is 6.95. The van der Waals surface area contributed by atoms with Crippen LogP contribution in [0.4, 0.5) is 17.6 Å². The smallest absolute Gasteiger partial charge is 0.172 e. The molecule has 3 aromatic carbocycles. The van der Waals surface area contributed by atoms with Gasteiger partial charge in [0.25, 0.3) is 0 Å². The van der Waals surface area contributed by atoms with Crippen molar-refractivity contribution in [1.29, 1.82) is 0 Å². The van der Waals surface area contributed by atoms with Crippen LogP contribution >= 0.6 is 0 Å². The zero-order valence-corrected chi connectivity index (χ0v) is 19.6. The van der Waals surface area contributed by atoms with Crippen molar-refractivity contribution in [1.82, 2.24) is 0 Å². The van der Waals surface area contributed by atoms with Gasteiger partial charge in [-0.3, -0.25) is 0 Å². The Hall–Kier alpha value is -2.82. The van der Waals surface area contributed by atoms with E-state index in [1.54, 1.807) is 31.2 Å². The van der Waals surface area contributed by atoms with Gasteiger partial charge in [0.2, 0.25) is 0 Å². The minimum absolute atomic E-state index is 0.0282. The fourth-order valence-electron chi connectivity index (χ4n) is 5.03. The lowest BCUT2D eigenvalue weighted by Crippen LogP contribution is -2.16. The molecule has 0 heterocycles. The number of hydrogen-bond donors (Lipinski definition) is 0. The molecule has 34 heavy (non-hydrogen) atoms. The zero-order chi connectivity index (χ0) is 24.2. The lowest BCUT2D eigenvalue weighted by atomic mass is 9.76. The molecule has 0 atom stereocenters. The summed E-state index contributed by atoms with van der Waals surface area (Å²) in [6.07, 6.45) is 7.01. The van der Waals surface area contributed by atoms with Crippen LogP contribution in [-0.4, -0.2) is 0 Å². The number of hydrogen-bond acceptors (Lipinski definition) is 1. The van der Waals surface area contributed by atoms with Gasteiger partial charge in [-0.05, 0) is 79.8 Å². The maximum atomic E-state index is 15.7. The summed E-state index contributed by atoms with van der Waals surface area (Å²) in [5.41, 5.74) is 1.33. The Bertz CT molecular complexity index is 1150. The van der Waals surface area contributed by atoms with Crippen LogP contribution in [0, 0.1) is 36.1 Å². The van der Waals surface area contributed by atoms with Gasteiger partial charge in [-0.15, -0.1) is 0 Å². The van der Waals surface area contributed by atoms with E-state index in [4.69, 9.17) is 4.74 Å². The first kappa shape index (κ1) is 24.3. The average molecular weight is 471 g/mol. The van der Waals surface area contributed by atoms with Crippen molar-refractivity contribution in [2.24, 2.45) is 5.92 Å². The number of para-hydroxylation sites is 1. The summed E-state index contributed by atoms with van der Waals surface area (Å²) >= 11 is 0. The molecule has 1 saturated carbocycles. The highest BCUT2D eigenvalue weighted by atomic mass is 19.2. The van der Waals surface area contributed by atoms with Crippen LogP contribution in [-0.2, 0) is 0 Å². The molecular formula is C29H30F4O. The molecule has 180 valence electrons. The van der Waals surface area contributed by atoms with Gasteiger partial charge < -0.3 is 4.74 Å². The molecule has 1 nitrogen and oxygen atoms in total. The molecule has 0 amide bonds. The molecule has 1 aliphatic rings. The van der Waals surface area contributed by atoms with Crippen LogP contribution in [0.15, 0.2) is 48.5 Å². The SMILES string of the molecule is CCCC[C@H]1CC[C@H](c2c(F)cc(C)c(Oc3ccccc3-c3ccc(F)c(F)c3)c2F)CC1. The summed E-state index contributed by atoms with van der Waals surface area (Å²) in [5.74, 6) is -2.42. The first-order valence-electron chi connectivity index (χ1n) is 12.1. The van der Waals surface area contributed by atoms with E-state index in [-0.39, 0.29) is 23.0 Å². The molecule has 5 heteroatoms. The van der Waals surface area contributed by atoms with Crippen molar-refractivity contribution >= 4 is 0 Å². The molecule has 4 rings (SSSR count). The van der Waals surface area contributed by atoms with Crippen molar-refractivity contribution in [3.8, 4) is 22.6 Å². The van der Waals surface area contributed by atoms with Gasteiger partial charge in [0.15, 0.2) is 23.2 Å². The van der Waals surface area contributed by atoms with E-state index < -0.39 is 23.3 Å². The molecule has 3 aromatic rings. The summed E-state index contributed by atoms with van der Waals surface area (Å²) < 4.78 is 64.0. The Kier molecular flexibility index (Phi) is 7.60. The second-order valence-corrected chi connectivity index (χ2v) is 9.32. The van der Waals surface area contributed by atoms with Gasteiger partial charge in [0, 0.05) is 11.1 Å². The lowest BCUT2D eigenvalue weighted by Gasteiger charge is -2.29. The molecule has 1 fully saturated rings. The monoisotopic (exact) mass is 470 g/mol. The van der Waals surface area contributed by atoms with Gasteiger partial charge in [0.1, 0.15) is 11.6 Å². The third kappa shape index (κ3) is 5.13. The fourth-order valence-corrected chi connectivity index (χ4v) is 5.03. The Morgan fingerprint density at radius 1 is 0.853 bits per heavy atom. The standard InChI is InChI=1S/C29H30F4O/c1-3-4-7-19-10-12-20(13-11-19)27-25(32)16-18(2)29(28(27)33)34-26-9-6-5-8-22(26)21-14-15-23(30)24(31)17-21/h5-6,8-9,14-17,19-20H,3-4,7,10-13H2,1-2H3/t19-,20-. The molecule has 0 unspecified atom stereocenters. The predicted molar refractivity (Wildman–Crippen MR) is 127 cm³/mol. The molecule has 0 spiro atoms. The fraction of sp³-hybridized carbons (Fsp3) is 0.379. The van der Waals surface area contributed by atoms with Crippen molar-refractivity contribution < 1.29 is 22.3 Å². The van der Waals surface area contributed by atoms with Crippen LogP contribution in [0.1, 0.15) is 68.9 Å².